The average molecular weight is 256 g/mol. The molecule has 0 aromatic rings. The summed E-state index contributed by atoms with van der Waals surface area (Å²) in [7, 11) is 0. The summed E-state index contributed by atoms with van der Waals surface area (Å²) >= 11 is 0. The molecule has 1 heterocycles. The van der Waals surface area contributed by atoms with Gasteiger partial charge >= 0.3 is 0 Å². The minimum absolute atomic E-state index is 0.105. The van der Waals surface area contributed by atoms with Crippen LogP contribution in [0.2, 0.25) is 0 Å². The van der Waals surface area contributed by atoms with Crippen LogP contribution in [0.3, 0.4) is 0 Å². The fourth-order valence-corrected chi connectivity index (χ4v) is 2.28. The van der Waals surface area contributed by atoms with E-state index >= 15 is 0 Å². The van der Waals surface area contributed by atoms with Crippen molar-refractivity contribution in [1.82, 2.24) is 10.6 Å². The van der Waals surface area contributed by atoms with Crippen LogP contribution < -0.4 is 10.6 Å². The second-order valence-corrected chi connectivity index (χ2v) is 5.39. The molecule has 3 unspecified atom stereocenters. The first-order chi connectivity index (χ1) is 8.63. The summed E-state index contributed by atoms with van der Waals surface area (Å²) in [5, 5.41) is 6.32. The monoisotopic (exact) mass is 256 g/mol. The number of hydrogen-bond acceptors (Lipinski definition) is 3. The number of carbonyl (C=O) groups is 1. The van der Waals surface area contributed by atoms with E-state index in [0.717, 1.165) is 45.4 Å². The third kappa shape index (κ3) is 5.83. The zero-order valence-electron chi connectivity index (χ0n) is 12.0. The maximum Gasteiger partial charge on any atom is 0.237 e. The minimum atomic E-state index is -0.105. The summed E-state index contributed by atoms with van der Waals surface area (Å²) in [6, 6.07) is 0.168. The molecule has 0 bridgehead atoms. The van der Waals surface area contributed by atoms with Gasteiger partial charge < -0.3 is 15.4 Å². The highest BCUT2D eigenvalue weighted by Crippen LogP contribution is 2.15. The van der Waals surface area contributed by atoms with Gasteiger partial charge in [-0.25, -0.2) is 0 Å². The first-order valence-electron chi connectivity index (χ1n) is 7.25. The summed E-state index contributed by atoms with van der Waals surface area (Å²) in [5.74, 6) is 0.783. The van der Waals surface area contributed by atoms with Gasteiger partial charge in [0.05, 0.1) is 6.04 Å². The van der Waals surface area contributed by atoms with Gasteiger partial charge in [0.25, 0.3) is 0 Å². The van der Waals surface area contributed by atoms with E-state index in [0.29, 0.717) is 5.92 Å². The molecular weight excluding hydrogens is 228 g/mol. The first-order valence-corrected chi connectivity index (χ1v) is 7.25. The largest absolute Gasteiger partial charge is 0.381 e. The van der Waals surface area contributed by atoms with Crippen LogP contribution in [0.15, 0.2) is 0 Å². The number of amides is 1. The lowest BCUT2D eigenvalue weighted by atomic mass is 10.1. The molecule has 3 atom stereocenters. The van der Waals surface area contributed by atoms with Crippen LogP contribution in [-0.2, 0) is 9.53 Å². The van der Waals surface area contributed by atoms with Gasteiger partial charge in [-0.2, -0.15) is 0 Å². The molecule has 2 N–H and O–H groups in total. The molecule has 4 heteroatoms. The summed E-state index contributed by atoms with van der Waals surface area (Å²) in [4.78, 5) is 11.9. The Morgan fingerprint density at radius 1 is 1.44 bits per heavy atom. The van der Waals surface area contributed by atoms with Crippen LogP contribution in [0.25, 0.3) is 0 Å². The standard InChI is InChI=1S/C14H28N2O2/c1-4-5-11(2)16-14(17)12(3)15-8-6-13-7-9-18-10-13/h11-13,15H,4-10H2,1-3H3,(H,16,17). The summed E-state index contributed by atoms with van der Waals surface area (Å²) in [5.41, 5.74) is 0. The van der Waals surface area contributed by atoms with Gasteiger partial charge in [0.15, 0.2) is 0 Å². The van der Waals surface area contributed by atoms with E-state index in [-0.39, 0.29) is 18.0 Å². The second kappa shape index (κ2) is 8.48. The molecule has 0 radical (unpaired) electrons. The molecular formula is C14H28N2O2. The Labute approximate surface area is 111 Å². The van der Waals surface area contributed by atoms with Crippen LogP contribution in [0.5, 0.6) is 0 Å². The molecule has 106 valence electrons. The maximum absolute atomic E-state index is 11.9. The smallest absolute Gasteiger partial charge is 0.237 e. The fourth-order valence-electron chi connectivity index (χ4n) is 2.28. The third-order valence-electron chi connectivity index (χ3n) is 3.53. The highest BCUT2D eigenvalue weighted by Gasteiger charge is 2.17. The Morgan fingerprint density at radius 3 is 2.83 bits per heavy atom. The number of nitrogens with one attached hydrogen (secondary N) is 2. The Bertz CT molecular complexity index is 240. The molecule has 4 nitrogen and oxygen atoms in total. The lowest BCUT2D eigenvalue weighted by molar-refractivity contribution is -0.123. The van der Waals surface area contributed by atoms with Gasteiger partial charge in [0, 0.05) is 19.3 Å². The van der Waals surface area contributed by atoms with Crippen molar-refractivity contribution in [2.75, 3.05) is 19.8 Å². The van der Waals surface area contributed by atoms with Crippen molar-refractivity contribution in [2.45, 2.75) is 58.5 Å². The predicted molar refractivity (Wildman–Crippen MR) is 73.5 cm³/mol. The van der Waals surface area contributed by atoms with E-state index in [2.05, 4.69) is 24.5 Å². The van der Waals surface area contributed by atoms with Crippen molar-refractivity contribution >= 4 is 5.91 Å². The summed E-state index contributed by atoms with van der Waals surface area (Å²) < 4.78 is 5.33. The van der Waals surface area contributed by atoms with Gasteiger partial charge in [-0.15, -0.1) is 0 Å². The van der Waals surface area contributed by atoms with E-state index < -0.39 is 0 Å². The molecule has 18 heavy (non-hydrogen) atoms. The fraction of sp³-hybridized carbons (Fsp3) is 0.929. The zero-order valence-corrected chi connectivity index (χ0v) is 12.0. The van der Waals surface area contributed by atoms with E-state index in [4.69, 9.17) is 4.74 Å². The van der Waals surface area contributed by atoms with Crippen LogP contribution in [0, 0.1) is 5.92 Å². The van der Waals surface area contributed by atoms with E-state index in [1.165, 1.54) is 0 Å². The Balaban J connectivity index is 2.10. The number of ether oxygens (including phenoxy) is 1. The van der Waals surface area contributed by atoms with Crippen molar-refractivity contribution < 1.29 is 9.53 Å². The van der Waals surface area contributed by atoms with Crippen molar-refractivity contribution in [1.29, 1.82) is 0 Å². The number of carbonyl (C=O) groups excluding carboxylic acids is 1. The van der Waals surface area contributed by atoms with Gasteiger partial charge in [0.1, 0.15) is 0 Å². The SMILES string of the molecule is CCCC(C)NC(=O)C(C)NCCC1CCOC1. The molecule has 1 amide bonds. The Hall–Kier alpha value is -0.610. The van der Waals surface area contributed by atoms with Gasteiger partial charge in [-0.1, -0.05) is 13.3 Å². The molecule has 1 fully saturated rings. The summed E-state index contributed by atoms with van der Waals surface area (Å²) in [6.07, 6.45) is 4.40. The lowest BCUT2D eigenvalue weighted by Gasteiger charge is -2.18. The highest BCUT2D eigenvalue weighted by molar-refractivity contribution is 5.81. The van der Waals surface area contributed by atoms with E-state index in [1.807, 2.05) is 6.92 Å². The van der Waals surface area contributed by atoms with Crippen molar-refractivity contribution in [3.8, 4) is 0 Å². The van der Waals surface area contributed by atoms with Crippen molar-refractivity contribution in [3.05, 3.63) is 0 Å². The lowest BCUT2D eigenvalue weighted by Crippen LogP contribution is -2.45. The second-order valence-electron chi connectivity index (χ2n) is 5.39. The topological polar surface area (TPSA) is 50.4 Å². The molecule has 0 aromatic carbocycles. The number of rotatable bonds is 8. The molecule has 1 aliphatic rings. The van der Waals surface area contributed by atoms with Crippen LogP contribution in [0.1, 0.15) is 46.5 Å². The van der Waals surface area contributed by atoms with Gasteiger partial charge in [0.2, 0.25) is 5.91 Å². The van der Waals surface area contributed by atoms with E-state index in [9.17, 15) is 4.79 Å². The first kappa shape index (κ1) is 15.4. The number of hydrogen-bond donors (Lipinski definition) is 2. The van der Waals surface area contributed by atoms with Gasteiger partial charge in [-0.05, 0) is 45.6 Å². The quantitative estimate of drug-likeness (QED) is 0.695. The summed E-state index contributed by atoms with van der Waals surface area (Å²) in [6.45, 7) is 8.80. The minimum Gasteiger partial charge on any atom is -0.381 e. The Kier molecular flexibility index (Phi) is 7.28. The Morgan fingerprint density at radius 2 is 2.22 bits per heavy atom. The average Bonchev–Trinajstić information content (AvgIpc) is 2.82. The molecule has 1 saturated heterocycles. The maximum atomic E-state index is 11.9. The van der Waals surface area contributed by atoms with Crippen molar-refractivity contribution in [3.63, 3.8) is 0 Å². The molecule has 0 aromatic heterocycles. The third-order valence-corrected chi connectivity index (χ3v) is 3.53. The van der Waals surface area contributed by atoms with Crippen LogP contribution >= 0.6 is 0 Å². The van der Waals surface area contributed by atoms with Gasteiger partial charge in [-0.3, -0.25) is 4.79 Å². The molecule has 0 spiro atoms. The molecule has 0 saturated carbocycles. The van der Waals surface area contributed by atoms with Crippen LogP contribution in [0.4, 0.5) is 0 Å². The molecule has 0 aliphatic carbocycles. The molecule has 1 rings (SSSR count). The zero-order chi connectivity index (χ0) is 13.4. The van der Waals surface area contributed by atoms with E-state index in [1.54, 1.807) is 0 Å². The highest BCUT2D eigenvalue weighted by atomic mass is 16.5. The van der Waals surface area contributed by atoms with Crippen molar-refractivity contribution in [2.24, 2.45) is 5.92 Å². The van der Waals surface area contributed by atoms with Crippen LogP contribution in [-0.4, -0.2) is 37.7 Å². The molecule has 1 aliphatic heterocycles. The predicted octanol–water partition coefficient (Wildman–Crippen LogP) is 1.70. The normalized spacial score (nSPS) is 22.7.